The normalized spacial score (nSPS) is 17.2. The molecule has 1 fully saturated rings. The van der Waals surface area contributed by atoms with Gasteiger partial charge in [0.05, 0.1) is 16.6 Å². The van der Waals surface area contributed by atoms with Gasteiger partial charge in [0.2, 0.25) is 0 Å². The minimum Gasteiger partial charge on any atom is -0.492 e. The number of alkyl halides is 1. The predicted molar refractivity (Wildman–Crippen MR) is 88.7 cm³/mol. The summed E-state index contributed by atoms with van der Waals surface area (Å²) in [4.78, 5) is 2.18. The van der Waals surface area contributed by atoms with E-state index in [1.165, 1.54) is 0 Å². The third kappa shape index (κ3) is 4.96. The highest BCUT2D eigenvalue weighted by atomic mass is 79.9. The van der Waals surface area contributed by atoms with Gasteiger partial charge < -0.3 is 9.64 Å². The molecule has 1 aromatic rings. The quantitative estimate of drug-likeness (QED) is 0.782. The molecule has 1 heterocycles. The highest BCUT2D eigenvalue weighted by Gasteiger charge is 2.25. The number of piperidine rings is 1. The standard InChI is InChI=1S/C17H22BrFN2O/c1-17(2,19)12-21-8-6-13(7-9-21)11-22-15-5-3-4-14(10-20)16(15)18/h3-5,13H,6-9,11-12H2,1-2H3. The summed E-state index contributed by atoms with van der Waals surface area (Å²) < 4.78 is 20.2. The highest BCUT2D eigenvalue weighted by Crippen LogP contribution is 2.29. The van der Waals surface area contributed by atoms with Gasteiger partial charge in [-0.15, -0.1) is 0 Å². The van der Waals surface area contributed by atoms with Crippen molar-refractivity contribution in [3.8, 4) is 11.8 Å². The lowest BCUT2D eigenvalue weighted by Gasteiger charge is -2.34. The van der Waals surface area contributed by atoms with Crippen molar-refractivity contribution >= 4 is 15.9 Å². The van der Waals surface area contributed by atoms with E-state index in [4.69, 9.17) is 10.00 Å². The molecule has 0 bridgehead atoms. The maximum Gasteiger partial charge on any atom is 0.134 e. The third-order valence-electron chi connectivity index (χ3n) is 3.87. The Morgan fingerprint density at radius 3 is 2.68 bits per heavy atom. The zero-order valence-electron chi connectivity index (χ0n) is 13.1. The van der Waals surface area contributed by atoms with Crippen LogP contribution in [0.25, 0.3) is 0 Å². The third-order valence-corrected chi connectivity index (χ3v) is 4.68. The topological polar surface area (TPSA) is 36.3 Å². The molecule has 0 radical (unpaired) electrons. The minimum absolute atomic E-state index is 0.483. The molecule has 1 aromatic carbocycles. The van der Waals surface area contributed by atoms with Gasteiger partial charge in [0.25, 0.3) is 0 Å². The molecule has 0 saturated carbocycles. The second-order valence-corrected chi connectivity index (χ2v) is 7.27. The molecule has 3 nitrogen and oxygen atoms in total. The lowest BCUT2D eigenvalue weighted by Crippen LogP contribution is -2.41. The van der Waals surface area contributed by atoms with Gasteiger partial charge in [-0.2, -0.15) is 5.26 Å². The zero-order valence-corrected chi connectivity index (χ0v) is 14.7. The van der Waals surface area contributed by atoms with Gasteiger partial charge in [-0.05, 0) is 73.8 Å². The van der Waals surface area contributed by atoms with Crippen LogP contribution in [0, 0.1) is 17.2 Å². The molecular formula is C17H22BrFN2O. The lowest BCUT2D eigenvalue weighted by atomic mass is 9.97. The molecule has 0 atom stereocenters. The highest BCUT2D eigenvalue weighted by molar-refractivity contribution is 9.10. The van der Waals surface area contributed by atoms with Crippen LogP contribution in [0.15, 0.2) is 22.7 Å². The SMILES string of the molecule is CC(C)(F)CN1CCC(COc2cccc(C#N)c2Br)CC1. The van der Waals surface area contributed by atoms with Crippen LogP contribution in [0.2, 0.25) is 0 Å². The van der Waals surface area contributed by atoms with E-state index in [9.17, 15) is 4.39 Å². The number of benzene rings is 1. The summed E-state index contributed by atoms with van der Waals surface area (Å²) in [5.74, 6) is 1.20. The van der Waals surface area contributed by atoms with Gasteiger partial charge in [-0.1, -0.05) is 6.07 Å². The largest absolute Gasteiger partial charge is 0.492 e. The first-order valence-electron chi connectivity index (χ1n) is 7.62. The number of rotatable bonds is 5. The van der Waals surface area contributed by atoms with Crippen LogP contribution in [0.4, 0.5) is 4.39 Å². The number of likely N-dealkylation sites (tertiary alicyclic amines) is 1. The Balaban J connectivity index is 1.81. The van der Waals surface area contributed by atoms with E-state index in [-0.39, 0.29) is 0 Å². The van der Waals surface area contributed by atoms with Crippen molar-refractivity contribution in [2.24, 2.45) is 5.92 Å². The predicted octanol–water partition coefficient (Wildman–Crippen LogP) is 4.16. The van der Waals surface area contributed by atoms with E-state index in [0.717, 1.165) is 25.9 Å². The maximum absolute atomic E-state index is 13.7. The number of nitrogens with zero attached hydrogens (tertiary/aromatic N) is 2. The van der Waals surface area contributed by atoms with E-state index in [1.807, 2.05) is 12.1 Å². The smallest absolute Gasteiger partial charge is 0.134 e. The van der Waals surface area contributed by atoms with Crippen molar-refractivity contribution in [3.63, 3.8) is 0 Å². The van der Waals surface area contributed by atoms with Crippen molar-refractivity contribution in [2.75, 3.05) is 26.2 Å². The maximum atomic E-state index is 13.7. The van der Waals surface area contributed by atoms with Crippen LogP contribution >= 0.6 is 15.9 Å². The molecule has 2 rings (SSSR count). The summed E-state index contributed by atoms with van der Waals surface area (Å²) in [7, 11) is 0. The van der Waals surface area contributed by atoms with Gasteiger partial charge in [-0.3, -0.25) is 0 Å². The summed E-state index contributed by atoms with van der Waals surface area (Å²) in [6.45, 7) is 6.22. The average Bonchev–Trinajstić information content (AvgIpc) is 2.46. The fourth-order valence-corrected chi connectivity index (χ4v) is 3.23. The first-order chi connectivity index (χ1) is 10.4. The first kappa shape index (κ1) is 17.2. The second kappa shape index (κ2) is 7.43. The molecule has 0 aliphatic carbocycles. The summed E-state index contributed by atoms with van der Waals surface area (Å²) in [6.07, 6.45) is 2.04. The number of halogens is 2. The van der Waals surface area contributed by atoms with Gasteiger partial charge in [0, 0.05) is 6.54 Å². The fourth-order valence-electron chi connectivity index (χ4n) is 2.76. The molecule has 0 unspecified atom stereocenters. The summed E-state index contributed by atoms with van der Waals surface area (Å²) in [6, 6.07) is 7.58. The molecule has 0 N–H and O–H groups in total. The van der Waals surface area contributed by atoms with Gasteiger partial charge in [-0.25, -0.2) is 4.39 Å². The van der Waals surface area contributed by atoms with Crippen LogP contribution < -0.4 is 4.74 Å². The zero-order chi connectivity index (χ0) is 16.2. The number of nitriles is 1. The van der Waals surface area contributed by atoms with Crippen molar-refractivity contribution in [1.29, 1.82) is 5.26 Å². The Labute approximate surface area is 140 Å². The Bertz CT molecular complexity index is 543. The van der Waals surface area contributed by atoms with Crippen molar-refractivity contribution in [3.05, 3.63) is 28.2 Å². The van der Waals surface area contributed by atoms with Crippen LogP contribution in [0.5, 0.6) is 5.75 Å². The van der Waals surface area contributed by atoms with Crippen LogP contribution in [0.3, 0.4) is 0 Å². The van der Waals surface area contributed by atoms with Crippen molar-refractivity contribution in [2.45, 2.75) is 32.4 Å². The summed E-state index contributed by atoms with van der Waals surface area (Å²) in [5, 5.41) is 9.01. The number of ether oxygens (including phenoxy) is 1. The molecule has 0 amide bonds. The molecule has 1 aliphatic heterocycles. The lowest BCUT2D eigenvalue weighted by molar-refractivity contribution is 0.0835. The number of hydrogen-bond acceptors (Lipinski definition) is 3. The van der Waals surface area contributed by atoms with E-state index in [0.29, 0.717) is 34.9 Å². The summed E-state index contributed by atoms with van der Waals surface area (Å²) >= 11 is 3.41. The molecule has 22 heavy (non-hydrogen) atoms. The Hall–Kier alpha value is -1.12. The molecule has 1 saturated heterocycles. The van der Waals surface area contributed by atoms with Crippen molar-refractivity contribution in [1.82, 2.24) is 4.90 Å². The monoisotopic (exact) mass is 368 g/mol. The Morgan fingerprint density at radius 1 is 1.41 bits per heavy atom. The molecule has 0 aromatic heterocycles. The van der Waals surface area contributed by atoms with Crippen LogP contribution in [0.1, 0.15) is 32.3 Å². The first-order valence-corrected chi connectivity index (χ1v) is 8.41. The number of hydrogen-bond donors (Lipinski definition) is 0. The molecular weight excluding hydrogens is 347 g/mol. The Morgan fingerprint density at radius 2 is 2.09 bits per heavy atom. The van der Waals surface area contributed by atoms with Crippen LogP contribution in [-0.4, -0.2) is 36.8 Å². The van der Waals surface area contributed by atoms with Gasteiger partial charge in [0.1, 0.15) is 17.5 Å². The second-order valence-electron chi connectivity index (χ2n) is 6.48. The minimum atomic E-state index is -1.13. The fraction of sp³-hybridized carbons (Fsp3) is 0.588. The molecule has 120 valence electrons. The van der Waals surface area contributed by atoms with E-state index in [2.05, 4.69) is 26.9 Å². The van der Waals surface area contributed by atoms with E-state index < -0.39 is 5.67 Å². The average molecular weight is 369 g/mol. The van der Waals surface area contributed by atoms with Gasteiger partial charge in [0.15, 0.2) is 0 Å². The summed E-state index contributed by atoms with van der Waals surface area (Å²) in [5.41, 5.74) is -0.552. The molecule has 1 aliphatic rings. The van der Waals surface area contributed by atoms with Crippen molar-refractivity contribution < 1.29 is 9.13 Å². The molecule has 5 heteroatoms. The molecule has 0 spiro atoms. The van der Waals surface area contributed by atoms with Crippen LogP contribution in [-0.2, 0) is 0 Å². The van der Waals surface area contributed by atoms with E-state index >= 15 is 0 Å². The Kier molecular flexibility index (Phi) is 5.82. The van der Waals surface area contributed by atoms with E-state index in [1.54, 1.807) is 19.9 Å². The van der Waals surface area contributed by atoms with Gasteiger partial charge >= 0.3 is 0 Å².